The van der Waals surface area contributed by atoms with E-state index in [0.29, 0.717) is 13.1 Å². The highest BCUT2D eigenvalue weighted by Crippen LogP contribution is 2.29. The van der Waals surface area contributed by atoms with Crippen LogP contribution in [-0.2, 0) is 12.7 Å². The van der Waals surface area contributed by atoms with Crippen molar-refractivity contribution < 1.29 is 18.0 Å². The third kappa shape index (κ3) is 6.01. The number of hydrogen-bond acceptors (Lipinski definition) is 2. The highest BCUT2D eigenvalue weighted by atomic mass is 19.4. The molecule has 1 N–H and O–H groups in total. The number of amides is 2. The van der Waals surface area contributed by atoms with Gasteiger partial charge in [0.05, 0.1) is 12.1 Å². The molecule has 4 nitrogen and oxygen atoms in total. The number of carbonyl (C=O) groups excluding carboxylic acids is 1. The highest BCUT2D eigenvalue weighted by Gasteiger charge is 2.30. The van der Waals surface area contributed by atoms with Crippen molar-refractivity contribution in [2.75, 3.05) is 32.7 Å². The molecule has 1 fully saturated rings. The number of hydrogen-bond donors (Lipinski definition) is 1. The average Bonchev–Trinajstić information content (AvgIpc) is 2.73. The summed E-state index contributed by atoms with van der Waals surface area (Å²) >= 11 is 0. The summed E-state index contributed by atoms with van der Waals surface area (Å²) in [7, 11) is 0. The van der Waals surface area contributed by atoms with Gasteiger partial charge in [0.2, 0.25) is 0 Å². The largest absolute Gasteiger partial charge is 0.416 e. The molecule has 0 aromatic heterocycles. The Morgan fingerprint density at radius 3 is 2.50 bits per heavy atom. The molecule has 2 amide bonds. The molecule has 0 aliphatic carbocycles. The van der Waals surface area contributed by atoms with Gasteiger partial charge < -0.3 is 10.2 Å². The number of nitrogens with one attached hydrogen (secondary N) is 1. The minimum Gasteiger partial charge on any atom is -0.327 e. The van der Waals surface area contributed by atoms with E-state index < -0.39 is 11.7 Å². The molecule has 1 saturated heterocycles. The minimum atomic E-state index is -4.40. The molecular formula is C23H24F3N3O. The molecule has 158 valence electrons. The van der Waals surface area contributed by atoms with Gasteiger partial charge in [0.1, 0.15) is 0 Å². The number of alkyl halides is 3. The number of benzene rings is 2. The Kier molecular flexibility index (Phi) is 7.01. The number of carbonyl (C=O) groups is 1. The van der Waals surface area contributed by atoms with Crippen molar-refractivity contribution in [2.24, 2.45) is 0 Å². The summed E-state index contributed by atoms with van der Waals surface area (Å²) in [5.74, 6) is 5.38. The third-order valence-corrected chi connectivity index (χ3v) is 5.07. The lowest BCUT2D eigenvalue weighted by Crippen LogP contribution is -2.51. The van der Waals surface area contributed by atoms with E-state index in [9.17, 15) is 18.0 Å². The van der Waals surface area contributed by atoms with Crippen molar-refractivity contribution in [3.63, 3.8) is 0 Å². The lowest BCUT2D eigenvalue weighted by Gasteiger charge is -2.34. The van der Waals surface area contributed by atoms with Crippen molar-refractivity contribution in [1.82, 2.24) is 15.1 Å². The predicted octanol–water partition coefficient (Wildman–Crippen LogP) is 3.89. The molecule has 2 aromatic carbocycles. The minimum absolute atomic E-state index is 0.0818. The number of halogens is 3. The Balaban J connectivity index is 1.44. The van der Waals surface area contributed by atoms with Crippen LogP contribution in [0.5, 0.6) is 0 Å². The first kappa shape index (κ1) is 21.7. The van der Waals surface area contributed by atoms with Crippen LogP contribution in [0.4, 0.5) is 18.0 Å². The van der Waals surface area contributed by atoms with Crippen molar-refractivity contribution in [3.8, 4) is 11.8 Å². The van der Waals surface area contributed by atoms with Crippen LogP contribution in [0.2, 0.25) is 0 Å². The zero-order valence-electron chi connectivity index (χ0n) is 16.8. The molecule has 0 bridgehead atoms. The molecule has 3 rings (SSSR count). The van der Waals surface area contributed by atoms with Gasteiger partial charge in [0, 0.05) is 38.3 Å². The molecule has 1 aliphatic heterocycles. The van der Waals surface area contributed by atoms with Crippen LogP contribution >= 0.6 is 0 Å². The maximum absolute atomic E-state index is 12.7. The fraction of sp³-hybridized carbons (Fsp3) is 0.348. The second-order valence-electron chi connectivity index (χ2n) is 7.23. The summed E-state index contributed by atoms with van der Waals surface area (Å²) in [6, 6.07) is 12.9. The lowest BCUT2D eigenvalue weighted by molar-refractivity contribution is -0.137. The fourth-order valence-electron chi connectivity index (χ4n) is 3.29. The summed E-state index contributed by atoms with van der Waals surface area (Å²) in [5.41, 5.74) is 2.09. The predicted molar refractivity (Wildman–Crippen MR) is 110 cm³/mol. The third-order valence-electron chi connectivity index (χ3n) is 5.07. The molecule has 1 aliphatic rings. The van der Waals surface area contributed by atoms with Gasteiger partial charge in [-0.2, -0.15) is 13.2 Å². The molecule has 2 aromatic rings. The first-order valence-electron chi connectivity index (χ1n) is 9.79. The Morgan fingerprint density at radius 2 is 1.80 bits per heavy atom. The van der Waals surface area contributed by atoms with Crippen LogP contribution < -0.4 is 5.32 Å². The van der Waals surface area contributed by atoms with E-state index in [2.05, 4.69) is 41.1 Å². The monoisotopic (exact) mass is 415 g/mol. The van der Waals surface area contributed by atoms with Gasteiger partial charge in [-0.25, -0.2) is 4.79 Å². The van der Waals surface area contributed by atoms with Crippen LogP contribution in [0.15, 0.2) is 48.5 Å². The zero-order chi connectivity index (χ0) is 21.6. The van der Waals surface area contributed by atoms with Crippen molar-refractivity contribution >= 4 is 6.03 Å². The van der Waals surface area contributed by atoms with Gasteiger partial charge >= 0.3 is 12.2 Å². The van der Waals surface area contributed by atoms with Gasteiger partial charge in [-0.3, -0.25) is 4.90 Å². The lowest BCUT2D eigenvalue weighted by atomic mass is 10.1. The topological polar surface area (TPSA) is 35.6 Å². The van der Waals surface area contributed by atoms with Crippen LogP contribution in [0, 0.1) is 18.8 Å². The molecule has 0 spiro atoms. The zero-order valence-corrected chi connectivity index (χ0v) is 16.8. The Hall–Kier alpha value is -2.98. The summed E-state index contributed by atoms with van der Waals surface area (Å²) in [6.07, 6.45) is -4.40. The number of rotatable bonds is 3. The van der Waals surface area contributed by atoms with E-state index in [0.717, 1.165) is 31.8 Å². The average molecular weight is 415 g/mol. The molecule has 1 heterocycles. The molecule has 0 saturated carbocycles. The maximum atomic E-state index is 12.7. The van der Waals surface area contributed by atoms with E-state index in [1.807, 2.05) is 12.1 Å². The molecule has 30 heavy (non-hydrogen) atoms. The first-order chi connectivity index (χ1) is 14.3. The van der Waals surface area contributed by atoms with Crippen molar-refractivity contribution in [2.45, 2.75) is 19.6 Å². The van der Waals surface area contributed by atoms with E-state index in [-0.39, 0.29) is 18.1 Å². The maximum Gasteiger partial charge on any atom is 0.416 e. The van der Waals surface area contributed by atoms with Crippen LogP contribution in [0.25, 0.3) is 0 Å². The van der Waals surface area contributed by atoms with E-state index in [1.165, 1.54) is 23.3 Å². The quantitative estimate of drug-likeness (QED) is 0.772. The number of piperazine rings is 1. The fourth-order valence-corrected chi connectivity index (χ4v) is 3.29. The molecular weight excluding hydrogens is 391 g/mol. The summed E-state index contributed by atoms with van der Waals surface area (Å²) in [5, 5.41) is 2.71. The van der Waals surface area contributed by atoms with Gasteiger partial charge in [0.15, 0.2) is 0 Å². The van der Waals surface area contributed by atoms with Gasteiger partial charge in [-0.1, -0.05) is 42.2 Å². The van der Waals surface area contributed by atoms with E-state index in [1.54, 1.807) is 4.90 Å². The molecule has 0 radical (unpaired) electrons. The first-order valence-corrected chi connectivity index (χ1v) is 9.79. The van der Waals surface area contributed by atoms with Crippen LogP contribution in [-0.4, -0.2) is 48.6 Å². The number of aryl methyl sites for hydroxylation is 1. The standard InChI is InChI=1S/C23H24F3N3O/c1-18-6-2-3-9-20(18)17-28-12-14-29(15-13-28)22(30)27-11-5-8-19-7-4-10-21(16-19)23(24,25)26/h2-4,6-7,9-10,16H,11-15,17H2,1H3,(H,27,30). The van der Waals surface area contributed by atoms with Crippen LogP contribution in [0.3, 0.4) is 0 Å². The smallest absolute Gasteiger partial charge is 0.327 e. The highest BCUT2D eigenvalue weighted by molar-refractivity contribution is 5.74. The second kappa shape index (κ2) is 9.68. The molecule has 0 atom stereocenters. The summed E-state index contributed by atoms with van der Waals surface area (Å²) < 4.78 is 38.2. The van der Waals surface area contributed by atoms with Gasteiger partial charge in [-0.05, 0) is 36.2 Å². The SMILES string of the molecule is Cc1ccccc1CN1CCN(C(=O)NCC#Cc2cccc(C(F)(F)F)c2)CC1. The summed E-state index contributed by atoms with van der Waals surface area (Å²) in [6.45, 7) is 5.87. The summed E-state index contributed by atoms with van der Waals surface area (Å²) in [4.78, 5) is 16.3. The van der Waals surface area contributed by atoms with E-state index in [4.69, 9.17) is 0 Å². The second-order valence-corrected chi connectivity index (χ2v) is 7.23. The van der Waals surface area contributed by atoms with Crippen molar-refractivity contribution in [1.29, 1.82) is 0 Å². The molecule has 7 heteroatoms. The molecule has 0 unspecified atom stereocenters. The Bertz CT molecular complexity index is 938. The number of nitrogens with zero attached hydrogens (tertiary/aromatic N) is 2. The van der Waals surface area contributed by atoms with Crippen LogP contribution in [0.1, 0.15) is 22.3 Å². The normalized spacial score (nSPS) is 14.7. The Labute approximate surface area is 174 Å². The number of urea groups is 1. The van der Waals surface area contributed by atoms with Gasteiger partial charge in [0.25, 0.3) is 0 Å². The van der Waals surface area contributed by atoms with Crippen molar-refractivity contribution in [3.05, 3.63) is 70.8 Å². The van der Waals surface area contributed by atoms with E-state index >= 15 is 0 Å². The Morgan fingerprint density at radius 1 is 1.07 bits per heavy atom. The van der Waals surface area contributed by atoms with Gasteiger partial charge in [-0.15, -0.1) is 0 Å².